The van der Waals surface area contributed by atoms with Crippen LogP contribution in [-0.2, 0) is 39.1 Å². The number of likely N-dealkylation sites (tertiary alicyclic amines) is 1. The van der Waals surface area contributed by atoms with Crippen LogP contribution in [0.2, 0.25) is 0 Å². The molecule has 2 aliphatic rings. The lowest BCUT2D eigenvalue weighted by atomic mass is 9.99. The van der Waals surface area contributed by atoms with Gasteiger partial charge in [-0.15, -0.1) is 0 Å². The standard InChI is InChI=1S/C27H37N3O4S/c1-22-5-4-14-29(20-22)21-25-7-3-2-6-24(25)19-28-27(31)13-10-23-8-11-26(12-9-23)35(32,33)30-15-17-34-18-16-30/h2-3,6-9,11-12,22H,4-5,10,13-21H2,1H3,(H,28,31). The Hall–Kier alpha value is -2.26. The highest BCUT2D eigenvalue weighted by atomic mass is 32.2. The highest BCUT2D eigenvalue weighted by molar-refractivity contribution is 7.89. The average molecular weight is 500 g/mol. The maximum absolute atomic E-state index is 12.8. The van der Waals surface area contributed by atoms with Crippen molar-refractivity contribution in [3.63, 3.8) is 0 Å². The zero-order chi connectivity index (χ0) is 24.7. The Balaban J connectivity index is 1.26. The van der Waals surface area contributed by atoms with Gasteiger partial charge in [-0.05, 0) is 60.5 Å². The summed E-state index contributed by atoms with van der Waals surface area (Å²) < 4.78 is 32.2. The van der Waals surface area contributed by atoms with E-state index >= 15 is 0 Å². The van der Waals surface area contributed by atoms with E-state index < -0.39 is 10.0 Å². The minimum atomic E-state index is -3.50. The first-order chi connectivity index (χ1) is 16.9. The molecule has 7 nitrogen and oxygen atoms in total. The predicted molar refractivity (Wildman–Crippen MR) is 136 cm³/mol. The van der Waals surface area contributed by atoms with Crippen molar-refractivity contribution in [2.45, 2.75) is 50.6 Å². The van der Waals surface area contributed by atoms with Crippen LogP contribution in [0.1, 0.15) is 42.9 Å². The first-order valence-corrected chi connectivity index (χ1v) is 14.1. The number of morpholine rings is 1. The van der Waals surface area contributed by atoms with Crippen LogP contribution in [0, 0.1) is 5.92 Å². The zero-order valence-corrected chi connectivity index (χ0v) is 21.4. The predicted octanol–water partition coefficient (Wildman–Crippen LogP) is 3.19. The summed E-state index contributed by atoms with van der Waals surface area (Å²) in [6, 6.07) is 15.2. The third-order valence-electron chi connectivity index (χ3n) is 6.90. The molecule has 0 saturated carbocycles. The Labute approximate surface area is 209 Å². The average Bonchev–Trinajstić information content (AvgIpc) is 2.88. The van der Waals surface area contributed by atoms with Crippen LogP contribution in [0.3, 0.4) is 0 Å². The molecule has 8 heteroatoms. The number of hydrogen-bond acceptors (Lipinski definition) is 5. The molecule has 35 heavy (non-hydrogen) atoms. The molecule has 1 unspecified atom stereocenters. The van der Waals surface area contributed by atoms with Gasteiger partial charge in [-0.2, -0.15) is 4.31 Å². The molecule has 1 N–H and O–H groups in total. The number of aryl methyl sites for hydroxylation is 1. The minimum Gasteiger partial charge on any atom is -0.379 e. The second-order valence-electron chi connectivity index (χ2n) is 9.69. The van der Waals surface area contributed by atoms with E-state index in [0.29, 0.717) is 45.7 Å². The van der Waals surface area contributed by atoms with E-state index in [9.17, 15) is 13.2 Å². The first-order valence-electron chi connectivity index (χ1n) is 12.6. The highest BCUT2D eigenvalue weighted by Crippen LogP contribution is 2.20. The molecule has 4 rings (SSSR count). The number of nitrogens with one attached hydrogen (secondary N) is 1. The zero-order valence-electron chi connectivity index (χ0n) is 20.6. The van der Waals surface area contributed by atoms with Crippen molar-refractivity contribution in [2.75, 3.05) is 39.4 Å². The summed E-state index contributed by atoms with van der Waals surface area (Å²) in [7, 11) is -3.50. The Morgan fingerprint density at radius 2 is 1.74 bits per heavy atom. The van der Waals surface area contributed by atoms with E-state index in [1.807, 2.05) is 6.07 Å². The number of sulfonamides is 1. The molecule has 2 saturated heterocycles. The topological polar surface area (TPSA) is 79.0 Å². The van der Waals surface area contributed by atoms with Gasteiger partial charge < -0.3 is 10.1 Å². The van der Waals surface area contributed by atoms with E-state index in [1.165, 1.54) is 22.7 Å². The number of amides is 1. The number of hydrogen-bond donors (Lipinski definition) is 1. The smallest absolute Gasteiger partial charge is 0.243 e. The number of ether oxygens (including phenoxy) is 1. The molecule has 2 aromatic rings. The van der Waals surface area contributed by atoms with Crippen LogP contribution < -0.4 is 5.32 Å². The monoisotopic (exact) mass is 499 g/mol. The second kappa shape index (κ2) is 12.1. The van der Waals surface area contributed by atoms with Crippen molar-refractivity contribution in [3.8, 4) is 0 Å². The van der Waals surface area contributed by atoms with Gasteiger partial charge in [0.2, 0.25) is 15.9 Å². The highest BCUT2D eigenvalue weighted by Gasteiger charge is 2.26. The van der Waals surface area contributed by atoms with Crippen molar-refractivity contribution in [1.82, 2.24) is 14.5 Å². The third-order valence-corrected chi connectivity index (χ3v) is 8.81. The van der Waals surface area contributed by atoms with Gasteiger partial charge in [0, 0.05) is 39.1 Å². The largest absolute Gasteiger partial charge is 0.379 e. The van der Waals surface area contributed by atoms with Crippen LogP contribution in [0.15, 0.2) is 53.4 Å². The summed E-state index contributed by atoms with van der Waals surface area (Å²) in [5.41, 5.74) is 3.39. The van der Waals surface area contributed by atoms with Gasteiger partial charge in [0.1, 0.15) is 0 Å². The lowest BCUT2D eigenvalue weighted by Gasteiger charge is -2.31. The SMILES string of the molecule is CC1CCCN(Cc2ccccc2CNC(=O)CCc2ccc(S(=O)(=O)N3CCOCC3)cc2)C1. The maximum Gasteiger partial charge on any atom is 0.243 e. The summed E-state index contributed by atoms with van der Waals surface area (Å²) >= 11 is 0. The Bertz CT molecular complexity index is 1080. The van der Waals surface area contributed by atoms with Crippen molar-refractivity contribution in [3.05, 3.63) is 65.2 Å². The van der Waals surface area contributed by atoms with Crippen molar-refractivity contribution < 1.29 is 17.9 Å². The normalized spacial score (nSPS) is 20.0. The fourth-order valence-corrected chi connectivity index (χ4v) is 6.27. The molecule has 2 fully saturated rings. The van der Waals surface area contributed by atoms with E-state index in [4.69, 9.17) is 4.74 Å². The fraction of sp³-hybridized carbons (Fsp3) is 0.519. The molecule has 0 aliphatic carbocycles. The molecular formula is C27H37N3O4S. The Morgan fingerprint density at radius 1 is 1.03 bits per heavy atom. The van der Waals surface area contributed by atoms with E-state index in [1.54, 1.807) is 24.3 Å². The Kier molecular flexibility index (Phi) is 8.94. The number of carbonyl (C=O) groups is 1. The molecule has 2 aromatic carbocycles. The summed E-state index contributed by atoms with van der Waals surface area (Å²) in [6.45, 7) is 7.64. The van der Waals surface area contributed by atoms with Crippen molar-refractivity contribution >= 4 is 15.9 Å². The second-order valence-corrected chi connectivity index (χ2v) is 11.6. The minimum absolute atomic E-state index is 0.00332. The molecule has 0 spiro atoms. The van der Waals surface area contributed by atoms with Crippen LogP contribution in [0.25, 0.3) is 0 Å². The summed E-state index contributed by atoms with van der Waals surface area (Å²) in [5, 5.41) is 3.06. The lowest BCUT2D eigenvalue weighted by molar-refractivity contribution is -0.121. The fourth-order valence-electron chi connectivity index (χ4n) is 4.86. The summed E-state index contributed by atoms with van der Waals surface area (Å²) in [4.78, 5) is 15.3. The van der Waals surface area contributed by atoms with Crippen LogP contribution in [0.4, 0.5) is 0 Å². The number of rotatable bonds is 9. The summed E-state index contributed by atoms with van der Waals surface area (Å²) in [5.74, 6) is 0.737. The number of nitrogens with zero attached hydrogens (tertiary/aromatic N) is 2. The van der Waals surface area contributed by atoms with Crippen LogP contribution in [0.5, 0.6) is 0 Å². The number of piperidine rings is 1. The Morgan fingerprint density at radius 3 is 2.46 bits per heavy atom. The van der Waals surface area contributed by atoms with Gasteiger partial charge >= 0.3 is 0 Å². The first kappa shape index (κ1) is 25.8. The summed E-state index contributed by atoms with van der Waals surface area (Å²) in [6.07, 6.45) is 3.49. The molecule has 2 heterocycles. The molecule has 2 aliphatic heterocycles. The number of benzene rings is 2. The molecule has 0 bridgehead atoms. The molecule has 0 aromatic heterocycles. The van der Waals surface area contributed by atoms with E-state index in [-0.39, 0.29) is 10.8 Å². The molecule has 190 valence electrons. The van der Waals surface area contributed by atoms with Gasteiger partial charge in [-0.3, -0.25) is 9.69 Å². The van der Waals surface area contributed by atoms with Crippen molar-refractivity contribution in [1.29, 1.82) is 0 Å². The van der Waals surface area contributed by atoms with E-state index in [0.717, 1.165) is 36.7 Å². The van der Waals surface area contributed by atoms with Gasteiger partial charge in [-0.1, -0.05) is 43.3 Å². The van der Waals surface area contributed by atoms with E-state index in [2.05, 4.69) is 35.3 Å². The molecule has 0 radical (unpaired) electrons. The van der Waals surface area contributed by atoms with Gasteiger partial charge in [0.05, 0.1) is 18.1 Å². The van der Waals surface area contributed by atoms with Gasteiger partial charge in [-0.25, -0.2) is 8.42 Å². The molecule has 1 atom stereocenters. The quantitative estimate of drug-likeness (QED) is 0.573. The van der Waals surface area contributed by atoms with Crippen LogP contribution in [-0.4, -0.2) is 62.9 Å². The third kappa shape index (κ3) is 7.13. The number of carbonyl (C=O) groups excluding carboxylic acids is 1. The lowest BCUT2D eigenvalue weighted by Crippen LogP contribution is -2.40. The maximum atomic E-state index is 12.8. The van der Waals surface area contributed by atoms with Crippen molar-refractivity contribution in [2.24, 2.45) is 5.92 Å². The molecular weight excluding hydrogens is 462 g/mol. The van der Waals surface area contributed by atoms with Gasteiger partial charge in [0.25, 0.3) is 0 Å². The van der Waals surface area contributed by atoms with Crippen LogP contribution >= 0.6 is 0 Å². The van der Waals surface area contributed by atoms with Gasteiger partial charge in [0.15, 0.2) is 0 Å². The molecule has 1 amide bonds.